The molecule has 0 saturated carbocycles. The molecule has 1 aromatic carbocycles. The summed E-state index contributed by atoms with van der Waals surface area (Å²) in [5.74, 6) is 0.0462. The van der Waals surface area contributed by atoms with Gasteiger partial charge in [0.25, 0.3) is 0 Å². The van der Waals surface area contributed by atoms with Crippen LogP contribution >= 0.6 is 0 Å². The lowest BCUT2D eigenvalue weighted by Gasteiger charge is -2.23. The predicted octanol–water partition coefficient (Wildman–Crippen LogP) is 3.31. The number of hydrogen-bond acceptors (Lipinski definition) is 3. The normalized spacial score (nSPS) is 17.8. The number of anilines is 1. The maximum Gasteiger partial charge on any atom is 0.227 e. The number of carbonyl (C=O) groups is 2. The van der Waals surface area contributed by atoms with Gasteiger partial charge >= 0.3 is 0 Å². The molecule has 0 radical (unpaired) electrons. The van der Waals surface area contributed by atoms with Crippen molar-refractivity contribution in [1.29, 1.82) is 0 Å². The van der Waals surface area contributed by atoms with Gasteiger partial charge in [0, 0.05) is 43.5 Å². The van der Waals surface area contributed by atoms with Gasteiger partial charge < -0.3 is 10.2 Å². The van der Waals surface area contributed by atoms with Gasteiger partial charge in [0.15, 0.2) is 0 Å². The van der Waals surface area contributed by atoms with E-state index < -0.39 is 0 Å². The zero-order chi connectivity index (χ0) is 19.2. The van der Waals surface area contributed by atoms with Crippen LogP contribution in [0.25, 0.3) is 0 Å². The molecule has 5 heteroatoms. The topological polar surface area (TPSA) is 62.3 Å². The van der Waals surface area contributed by atoms with Crippen LogP contribution in [0.4, 0.5) is 5.69 Å². The first-order chi connectivity index (χ1) is 13.1. The Labute approximate surface area is 160 Å². The number of nitrogens with zero attached hydrogens (tertiary/aromatic N) is 2. The number of rotatable bonds is 7. The van der Waals surface area contributed by atoms with Gasteiger partial charge in [-0.05, 0) is 36.1 Å². The van der Waals surface area contributed by atoms with E-state index in [0.29, 0.717) is 25.4 Å². The number of pyridine rings is 1. The summed E-state index contributed by atoms with van der Waals surface area (Å²) in [6, 6.07) is 13.8. The molecule has 1 saturated heterocycles. The van der Waals surface area contributed by atoms with Gasteiger partial charge in [-0.2, -0.15) is 0 Å². The molecule has 27 heavy (non-hydrogen) atoms. The van der Waals surface area contributed by atoms with Crippen molar-refractivity contribution in [2.45, 2.75) is 39.0 Å². The molecule has 1 aromatic heterocycles. The Bertz CT molecular complexity index is 791. The zero-order valence-electron chi connectivity index (χ0n) is 16.0. The smallest absolute Gasteiger partial charge is 0.227 e. The van der Waals surface area contributed by atoms with E-state index in [9.17, 15) is 9.59 Å². The minimum absolute atomic E-state index is 0.0237. The van der Waals surface area contributed by atoms with Crippen molar-refractivity contribution in [3.8, 4) is 0 Å². The Balaban J connectivity index is 1.61. The third-order valence-corrected chi connectivity index (χ3v) is 5.27. The molecule has 2 aromatic rings. The Morgan fingerprint density at radius 3 is 2.78 bits per heavy atom. The van der Waals surface area contributed by atoms with E-state index in [0.717, 1.165) is 17.8 Å². The molecule has 1 aliphatic rings. The van der Waals surface area contributed by atoms with Crippen molar-refractivity contribution >= 4 is 17.5 Å². The Morgan fingerprint density at radius 2 is 2.04 bits per heavy atom. The number of hydrogen-bond donors (Lipinski definition) is 1. The molecular weight excluding hydrogens is 338 g/mol. The minimum Gasteiger partial charge on any atom is -0.355 e. The van der Waals surface area contributed by atoms with Crippen LogP contribution in [0.1, 0.15) is 43.9 Å². The van der Waals surface area contributed by atoms with Crippen LogP contribution in [-0.2, 0) is 16.0 Å². The lowest BCUT2D eigenvalue weighted by Crippen LogP contribution is -2.34. The fraction of sp³-hybridized carbons (Fsp3) is 0.409. The summed E-state index contributed by atoms with van der Waals surface area (Å²) in [6.07, 6.45) is 3.72. The van der Waals surface area contributed by atoms with Gasteiger partial charge in [0.2, 0.25) is 11.8 Å². The van der Waals surface area contributed by atoms with Gasteiger partial charge in [0.1, 0.15) is 0 Å². The summed E-state index contributed by atoms with van der Waals surface area (Å²) in [7, 11) is 0. The molecule has 2 amide bonds. The molecule has 0 aliphatic carbocycles. The molecule has 3 rings (SSSR count). The third-order valence-electron chi connectivity index (χ3n) is 5.27. The summed E-state index contributed by atoms with van der Waals surface area (Å²) < 4.78 is 0. The molecule has 2 atom stereocenters. The van der Waals surface area contributed by atoms with E-state index >= 15 is 0 Å². The number of aromatic nitrogens is 1. The summed E-state index contributed by atoms with van der Waals surface area (Å²) in [6.45, 7) is 5.29. The predicted molar refractivity (Wildman–Crippen MR) is 107 cm³/mol. The van der Waals surface area contributed by atoms with Crippen molar-refractivity contribution in [2.75, 3.05) is 18.0 Å². The first kappa shape index (κ1) is 19.1. The number of nitrogens with one attached hydrogen (secondary N) is 1. The van der Waals surface area contributed by atoms with Crippen LogP contribution < -0.4 is 10.2 Å². The zero-order valence-corrected chi connectivity index (χ0v) is 16.0. The molecule has 1 aliphatic heterocycles. The average molecular weight is 365 g/mol. The average Bonchev–Trinajstić information content (AvgIpc) is 3.09. The van der Waals surface area contributed by atoms with Crippen molar-refractivity contribution in [3.05, 3.63) is 59.9 Å². The molecule has 5 nitrogen and oxygen atoms in total. The fourth-order valence-corrected chi connectivity index (χ4v) is 3.49. The van der Waals surface area contributed by atoms with Crippen molar-refractivity contribution < 1.29 is 9.59 Å². The van der Waals surface area contributed by atoms with E-state index in [2.05, 4.69) is 30.2 Å². The number of carbonyl (C=O) groups excluding carboxylic acids is 2. The van der Waals surface area contributed by atoms with Gasteiger partial charge in [-0.25, -0.2) is 0 Å². The van der Waals surface area contributed by atoms with E-state index in [4.69, 9.17) is 0 Å². The van der Waals surface area contributed by atoms with Gasteiger partial charge in [-0.3, -0.25) is 14.6 Å². The maximum absolute atomic E-state index is 12.6. The maximum atomic E-state index is 12.6. The molecular formula is C22H27N3O2. The lowest BCUT2D eigenvalue weighted by atomic mass is 9.96. The summed E-state index contributed by atoms with van der Waals surface area (Å²) in [5.41, 5.74) is 3.06. The molecule has 0 bridgehead atoms. The van der Waals surface area contributed by atoms with Crippen LogP contribution in [0.3, 0.4) is 0 Å². The second-order valence-corrected chi connectivity index (χ2v) is 7.14. The first-order valence-electron chi connectivity index (χ1n) is 9.67. The fourth-order valence-electron chi connectivity index (χ4n) is 3.49. The molecule has 1 fully saturated rings. The molecule has 0 spiro atoms. The Hall–Kier alpha value is -2.69. The van der Waals surface area contributed by atoms with Crippen molar-refractivity contribution in [3.63, 3.8) is 0 Å². The minimum atomic E-state index is -0.300. The monoisotopic (exact) mass is 365 g/mol. The highest BCUT2D eigenvalue weighted by atomic mass is 16.2. The van der Waals surface area contributed by atoms with Crippen LogP contribution in [0.15, 0.2) is 48.7 Å². The van der Waals surface area contributed by atoms with Crippen LogP contribution in [0, 0.1) is 5.92 Å². The van der Waals surface area contributed by atoms with Gasteiger partial charge in [0.05, 0.1) is 5.92 Å². The quantitative estimate of drug-likeness (QED) is 0.819. The highest BCUT2D eigenvalue weighted by molar-refractivity contribution is 6.00. The third kappa shape index (κ3) is 4.54. The number of para-hydroxylation sites is 1. The summed E-state index contributed by atoms with van der Waals surface area (Å²) in [4.78, 5) is 31.1. The van der Waals surface area contributed by atoms with Crippen molar-refractivity contribution in [2.24, 2.45) is 5.92 Å². The molecule has 1 N–H and O–H groups in total. The SMILES string of the molecule is CCC(C)c1ccccc1N1CC(C(=O)NCCc2ccccn2)CC1=O. The molecule has 2 heterocycles. The first-order valence-corrected chi connectivity index (χ1v) is 9.67. The molecule has 2 unspecified atom stereocenters. The van der Waals surface area contributed by atoms with Crippen LogP contribution in [0.2, 0.25) is 0 Å². The van der Waals surface area contributed by atoms with Gasteiger partial charge in [-0.15, -0.1) is 0 Å². The number of benzene rings is 1. The van der Waals surface area contributed by atoms with E-state index in [1.54, 1.807) is 11.1 Å². The van der Waals surface area contributed by atoms with Crippen LogP contribution in [0.5, 0.6) is 0 Å². The molecule has 142 valence electrons. The Kier molecular flexibility index (Phi) is 6.22. The Morgan fingerprint density at radius 1 is 1.26 bits per heavy atom. The second-order valence-electron chi connectivity index (χ2n) is 7.14. The summed E-state index contributed by atoms with van der Waals surface area (Å²) in [5, 5.41) is 2.96. The highest BCUT2D eigenvalue weighted by Crippen LogP contribution is 2.33. The summed E-state index contributed by atoms with van der Waals surface area (Å²) >= 11 is 0. The van der Waals surface area contributed by atoms with Crippen molar-refractivity contribution in [1.82, 2.24) is 10.3 Å². The second kappa shape index (κ2) is 8.80. The van der Waals surface area contributed by atoms with E-state index in [-0.39, 0.29) is 24.2 Å². The largest absolute Gasteiger partial charge is 0.355 e. The van der Waals surface area contributed by atoms with E-state index in [1.165, 1.54) is 5.56 Å². The van der Waals surface area contributed by atoms with Crippen LogP contribution in [-0.4, -0.2) is 29.9 Å². The number of amides is 2. The van der Waals surface area contributed by atoms with E-state index in [1.807, 2.05) is 36.4 Å². The standard InChI is InChI=1S/C22H27N3O2/c1-3-16(2)19-9-4-5-10-20(19)25-15-17(14-21(25)26)22(27)24-13-11-18-8-6-7-12-23-18/h4-10,12,16-17H,3,11,13-15H2,1-2H3,(H,24,27). The lowest BCUT2D eigenvalue weighted by molar-refractivity contribution is -0.126. The highest BCUT2D eigenvalue weighted by Gasteiger charge is 2.36. The van der Waals surface area contributed by atoms with Gasteiger partial charge in [-0.1, -0.05) is 38.1 Å².